The summed E-state index contributed by atoms with van der Waals surface area (Å²) in [6, 6.07) is 15.1. The van der Waals surface area contributed by atoms with E-state index >= 15 is 0 Å². The van der Waals surface area contributed by atoms with E-state index in [1.165, 1.54) is 0 Å². The van der Waals surface area contributed by atoms with Gasteiger partial charge in [0.1, 0.15) is 0 Å². The van der Waals surface area contributed by atoms with Gasteiger partial charge in [0.25, 0.3) is 5.82 Å². The monoisotopic (exact) mass is 379 g/mol. The molecule has 0 fully saturated rings. The molecule has 0 spiro atoms. The zero-order valence-corrected chi connectivity index (χ0v) is 16.4. The second-order valence-electron chi connectivity index (χ2n) is 7.06. The molecule has 0 saturated carbocycles. The molecule has 0 unspecified atom stereocenters. The van der Waals surface area contributed by atoms with Crippen LogP contribution in [0.5, 0.6) is 5.95 Å². The Bertz CT molecular complexity index is 933. The fourth-order valence-corrected chi connectivity index (χ4v) is 2.56. The molecule has 6 heteroatoms. The van der Waals surface area contributed by atoms with Crippen LogP contribution >= 0.6 is 0 Å². The molecule has 1 aromatic heterocycles. The summed E-state index contributed by atoms with van der Waals surface area (Å²) in [5, 5.41) is 18.2. The van der Waals surface area contributed by atoms with Gasteiger partial charge < -0.3 is 14.3 Å². The van der Waals surface area contributed by atoms with Crippen molar-refractivity contribution in [2.75, 3.05) is 6.61 Å². The van der Waals surface area contributed by atoms with Crippen molar-refractivity contribution >= 4 is 11.5 Å². The fourth-order valence-electron chi connectivity index (χ4n) is 2.56. The lowest BCUT2D eigenvalue weighted by Crippen LogP contribution is -2.00. The van der Waals surface area contributed by atoms with E-state index in [2.05, 4.69) is 29.1 Å². The Kier molecular flexibility index (Phi) is 6.55. The maximum Gasteiger partial charge on any atom is 0.332 e. The number of benzene rings is 2. The molecule has 1 heterocycles. The SMILES string of the molecule is Cc1ccc(N=Nc2nc(-c3ccccc3)oc2O)cc1COCCC(C)C. The zero-order valence-electron chi connectivity index (χ0n) is 16.4. The summed E-state index contributed by atoms with van der Waals surface area (Å²) in [5.41, 5.74) is 3.63. The van der Waals surface area contributed by atoms with Crippen molar-refractivity contribution in [2.24, 2.45) is 16.1 Å². The molecule has 2 aromatic carbocycles. The molecule has 0 atom stereocenters. The quantitative estimate of drug-likeness (QED) is 0.366. The van der Waals surface area contributed by atoms with Crippen LogP contribution < -0.4 is 0 Å². The molecule has 3 rings (SSSR count). The molecule has 1 N–H and O–H groups in total. The molecular weight excluding hydrogens is 354 g/mol. The predicted octanol–water partition coefficient (Wildman–Crippen LogP) is 6.33. The first-order valence-corrected chi connectivity index (χ1v) is 9.37. The maximum atomic E-state index is 9.95. The smallest absolute Gasteiger partial charge is 0.332 e. The third-order valence-electron chi connectivity index (χ3n) is 4.30. The summed E-state index contributed by atoms with van der Waals surface area (Å²) in [6.45, 7) is 7.67. The number of oxazole rings is 1. The minimum absolute atomic E-state index is 0.0501. The van der Waals surface area contributed by atoms with Gasteiger partial charge in [-0.2, -0.15) is 4.98 Å². The third kappa shape index (κ3) is 5.27. The highest BCUT2D eigenvalue weighted by Gasteiger charge is 2.13. The molecule has 28 heavy (non-hydrogen) atoms. The van der Waals surface area contributed by atoms with Crippen LogP contribution in [0.3, 0.4) is 0 Å². The minimum atomic E-state index is -0.355. The normalized spacial score (nSPS) is 11.6. The van der Waals surface area contributed by atoms with Crippen LogP contribution in [-0.2, 0) is 11.3 Å². The van der Waals surface area contributed by atoms with E-state index in [1.807, 2.05) is 55.5 Å². The van der Waals surface area contributed by atoms with Crippen LogP contribution in [0.1, 0.15) is 31.4 Å². The van der Waals surface area contributed by atoms with E-state index in [9.17, 15) is 5.11 Å². The highest BCUT2D eigenvalue weighted by atomic mass is 16.5. The number of hydrogen-bond acceptors (Lipinski definition) is 6. The average molecular weight is 379 g/mol. The molecule has 0 saturated heterocycles. The standard InChI is InChI=1S/C22H25N3O3/c1-15(2)11-12-27-14-18-13-19(10-9-16(18)3)24-25-20-22(26)28-21(23-20)17-7-5-4-6-8-17/h4-10,13,15,26H,11-12,14H2,1-3H3. The largest absolute Gasteiger partial charge is 0.478 e. The summed E-state index contributed by atoms with van der Waals surface area (Å²) in [6.07, 6.45) is 1.04. The van der Waals surface area contributed by atoms with Crippen molar-refractivity contribution in [3.63, 3.8) is 0 Å². The Balaban J connectivity index is 1.70. The number of hydrogen-bond donors (Lipinski definition) is 1. The van der Waals surface area contributed by atoms with Crippen LogP contribution in [0, 0.1) is 12.8 Å². The molecule has 146 valence electrons. The van der Waals surface area contributed by atoms with Crippen LogP contribution in [0.25, 0.3) is 11.5 Å². The molecule has 0 radical (unpaired) electrons. The average Bonchev–Trinajstić information content (AvgIpc) is 3.06. The second kappa shape index (κ2) is 9.28. The van der Waals surface area contributed by atoms with E-state index in [4.69, 9.17) is 9.15 Å². The molecule has 0 aliphatic heterocycles. The van der Waals surface area contributed by atoms with Crippen molar-refractivity contribution < 1.29 is 14.3 Å². The number of rotatable bonds is 8. The Labute approximate surface area is 164 Å². The molecular formula is C22H25N3O3. The Morgan fingerprint density at radius 2 is 1.89 bits per heavy atom. The first kappa shape index (κ1) is 19.8. The van der Waals surface area contributed by atoms with Gasteiger partial charge in [0, 0.05) is 12.2 Å². The number of nitrogens with zero attached hydrogens (tertiary/aromatic N) is 3. The zero-order chi connectivity index (χ0) is 19.9. The molecule has 3 aromatic rings. The van der Waals surface area contributed by atoms with Gasteiger partial charge in [0.2, 0.25) is 5.89 Å². The summed E-state index contributed by atoms with van der Waals surface area (Å²) >= 11 is 0. The van der Waals surface area contributed by atoms with E-state index in [1.54, 1.807) is 0 Å². The van der Waals surface area contributed by atoms with Crippen molar-refractivity contribution in [1.29, 1.82) is 0 Å². The van der Waals surface area contributed by atoms with E-state index in [0.29, 0.717) is 24.1 Å². The van der Waals surface area contributed by atoms with Gasteiger partial charge in [0.15, 0.2) is 0 Å². The third-order valence-corrected chi connectivity index (χ3v) is 4.30. The Morgan fingerprint density at radius 3 is 2.64 bits per heavy atom. The maximum absolute atomic E-state index is 9.95. The molecule has 6 nitrogen and oxygen atoms in total. The highest BCUT2D eigenvalue weighted by molar-refractivity contribution is 5.57. The van der Waals surface area contributed by atoms with Gasteiger partial charge in [-0.1, -0.05) is 38.1 Å². The topological polar surface area (TPSA) is 80.2 Å². The Hall–Kier alpha value is -2.99. The number of ether oxygens (including phenoxy) is 1. The van der Waals surface area contributed by atoms with Gasteiger partial charge >= 0.3 is 5.95 Å². The highest BCUT2D eigenvalue weighted by Crippen LogP contribution is 2.33. The Morgan fingerprint density at radius 1 is 1.11 bits per heavy atom. The number of aryl methyl sites for hydroxylation is 1. The molecule has 0 aliphatic carbocycles. The van der Waals surface area contributed by atoms with Gasteiger partial charge in [-0.3, -0.25) is 0 Å². The molecule has 0 amide bonds. The summed E-state index contributed by atoms with van der Waals surface area (Å²) < 4.78 is 11.0. The second-order valence-corrected chi connectivity index (χ2v) is 7.06. The van der Waals surface area contributed by atoms with Crippen molar-refractivity contribution in [2.45, 2.75) is 33.8 Å². The lowest BCUT2D eigenvalue weighted by Gasteiger charge is -2.09. The summed E-state index contributed by atoms with van der Waals surface area (Å²) in [4.78, 5) is 4.21. The van der Waals surface area contributed by atoms with Crippen LogP contribution in [0.4, 0.5) is 11.5 Å². The summed E-state index contributed by atoms with van der Waals surface area (Å²) in [7, 11) is 0. The molecule has 0 aliphatic rings. The number of aromatic nitrogens is 1. The lowest BCUT2D eigenvalue weighted by molar-refractivity contribution is 0.110. The van der Waals surface area contributed by atoms with Crippen LogP contribution in [0.15, 0.2) is 63.2 Å². The summed E-state index contributed by atoms with van der Waals surface area (Å²) in [5.74, 6) is 0.619. The van der Waals surface area contributed by atoms with Crippen molar-refractivity contribution in [3.05, 3.63) is 59.7 Å². The molecule has 0 bridgehead atoms. The van der Waals surface area contributed by atoms with Crippen LogP contribution in [-0.4, -0.2) is 16.7 Å². The lowest BCUT2D eigenvalue weighted by atomic mass is 10.1. The van der Waals surface area contributed by atoms with Gasteiger partial charge in [-0.15, -0.1) is 10.2 Å². The predicted molar refractivity (Wildman–Crippen MR) is 108 cm³/mol. The van der Waals surface area contributed by atoms with E-state index < -0.39 is 0 Å². The van der Waals surface area contributed by atoms with Gasteiger partial charge in [-0.05, 0) is 54.7 Å². The van der Waals surface area contributed by atoms with E-state index in [0.717, 1.165) is 29.7 Å². The minimum Gasteiger partial charge on any atom is -0.478 e. The van der Waals surface area contributed by atoms with Crippen LogP contribution in [0.2, 0.25) is 0 Å². The number of aromatic hydroxyl groups is 1. The van der Waals surface area contributed by atoms with Gasteiger partial charge in [-0.25, -0.2) is 0 Å². The van der Waals surface area contributed by atoms with E-state index in [-0.39, 0.29) is 11.8 Å². The first-order valence-electron chi connectivity index (χ1n) is 9.37. The van der Waals surface area contributed by atoms with Gasteiger partial charge in [0.05, 0.1) is 12.3 Å². The fraction of sp³-hybridized carbons (Fsp3) is 0.318. The number of azo groups is 1. The van der Waals surface area contributed by atoms with Crippen molar-refractivity contribution in [1.82, 2.24) is 4.98 Å². The first-order chi connectivity index (χ1) is 13.5. The van der Waals surface area contributed by atoms with Crippen molar-refractivity contribution in [3.8, 4) is 17.4 Å².